The molecule has 374 valence electrons. The summed E-state index contributed by atoms with van der Waals surface area (Å²) >= 11 is 242. The second kappa shape index (κ2) is 24.6. The first-order valence-corrected chi connectivity index (χ1v) is 93.2. The highest BCUT2D eigenvalue weighted by Gasteiger charge is 2.47. The van der Waals surface area contributed by atoms with Gasteiger partial charge in [0.1, 0.15) is 0 Å². The molecule has 0 fully saturated rings. The summed E-state index contributed by atoms with van der Waals surface area (Å²) in [5.74, 6) is 0. The van der Waals surface area contributed by atoms with Crippen LogP contribution in [0, 0.1) is 0 Å². The number of halogens is 1. The number of hydrogen-bond acceptors (Lipinski definition) is 40. The minimum atomic E-state index is -3.91. The Bertz CT molecular complexity index is 4120. The summed E-state index contributed by atoms with van der Waals surface area (Å²) < 4.78 is -2.68. The fourth-order valence-electron chi connectivity index (χ4n) is 1.84. The minimum absolute atomic E-state index is 1.75. The van der Waals surface area contributed by atoms with Gasteiger partial charge in [-0.25, -0.2) is 0 Å². The highest BCUT2D eigenvalue weighted by atomic mass is 127. The zero-order valence-corrected chi connectivity index (χ0v) is 77.4. The molecule has 0 nitrogen and oxygen atoms in total. The molecule has 0 aromatic rings. The van der Waals surface area contributed by atoms with Crippen LogP contribution >= 0.6 is 32.9 Å². The predicted octanol–water partition coefficient (Wildman–Crippen LogP) is 1.12. The topological polar surface area (TPSA) is 0 Å². The van der Waals surface area contributed by atoms with Crippen molar-refractivity contribution in [2.45, 2.75) is 0 Å². The predicted molar refractivity (Wildman–Crippen MR) is 465 cm³/mol. The molecule has 0 N–H and O–H groups in total. The number of hydrogen-bond donors (Lipinski definition) is 1. The summed E-state index contributed by atoms with van der Waals surface area (Å²) in [7, 11) is 0. The Hall–Kier alpha value is 16.9. The van der Waals surface area contributed by atoms with Gasteiger partial charge in [-0.05, 0) is 448 Å². The van der Waals surface area contributed by atoms with E-state index in [0.29, 0.717) is 0 Å². The molecule has 0 bridgehead atoms. The molecule has 0 radical (unpaired) electrons. The van der Waals surface area contributed by atoms with Crippen LogP contribution in [-0.2, 0) is 550 Å². The van der Waals surface area contributed by atoms with E-state index < -0.39 is 102 Å². The Balaban J connectivity index is 8.53. The first-order valence-electron chi connectivity index (χ1n) is 10.2. The van der Waals surface area contributed by atoms with Gasteiger partial charge in [0.2, 0.25) is 0 Å². The molecular formula is HIS61. The Morgan fingerprint density at radius 1 is 0.161 bits per heavy atom. The van der Waals surface area contributed by atoms with E-state index in [0.717, 1.165) is 0 Å². The number of thiol groups is 1. The van der Waals surface area contributed by atoms with Gasteiger partial charge in [0.05, 0.1) is 0 Å². The van der Waals surface area contributed by atoms with Crippen molar-refractivity contribution in [3.05, 3.63) is 0 Å². The lowest BCUT2D eigenvalue weighted by molar-refractivity contribution is 4.97. The normalized spacial score (nSPS) is 16.9. The average molecular weight is 2080 g/mol. The van der Waals surface area contributed by atoms with Crippen molar-refractivity contribution >= 4 is 583 Å². The molecule has 0 saturated carbocycles. The maximum atomic E-state index is 6.08. The molecule has 0 amide bonds. The van der Waals surface area contributed by atoms with Crippen LogP contribution in [0.25, 0.3) is 0 Å². The van der Waals surface area contributed by atoms with Gasteiger partial charge in [0.15, 0.2) is 0 Å². The van der Waals surface area contributed by atoms with E-state index >= 15 is 0 Å². The van der Waals surface area contributed by atoms with Gasteiger partial charge < -0.3 is 0 Å². The summed E-state index contributed by atoms with van der Waals surface area (Å²) in [5, 5.41) is -69.3. The molecule has 0 saturated heterocycles. The van der Waals surface area contributed by atoms with E-state index in [-0.39, 0.29) is 0 Å². The lowest BCUT2D eigenvalue weighted by atomic mass is 29.7. The summed E-state index contributed by atoms with van der Waals surface area (Å²) in [6.07, 6.45) is 0. The van der Waals surface area contributed by atoms with Crippen LogP contribution in [0.15, 0.2) is 0 Å². The van der Waals surface area contributed by atoms with Crippen LogP contribution in [-0.4, -0.2) is 0 Å². The Labute approximate surface area is 565 Å². The first-order chi connectivity index (χ1) is 25.8. The third-order valence-electron chi connectivity index (χ3n) is 4.75. The van der Waals surface area contributed by atoms with E-state index in [1.165, 1.54) is 0 Å². The van der Waals surface area contributed by atoms with Crippen LogP contribution < -0.4 is 0 Å². The van der Waals surface area contributed by atoms with Gasteiger partial charge in [0.25, 0.3) is 0 Å². The summed E-state index contributed by atoms with van der Waals surface area (Å²) in [6.45, 7) is 0. The molecule has 0 heterocycles. The van der Waals surface area contributed by atoms with E-state index in [4.69, 9.17) is 448 Å². The maximum absolute atomic E-state index is 6.08. The minimum Gasteiger partial charge on any atom is -0.0917 e. The van der Waals surface area contributed by atoms with Crippen molar-refractivity contribution in [3.63, 3.8) is 0 Å². The Morgan fingerprint density at radius 2 is 0.242 bits per heavy atom. The molecule has 0 atom stereocenters. The molecular weight excluding hydrogens is 2080 g/mol. The van der Waals surface area contributed by atoms with E-state index in [1.54, 1.807) is 21.2 Å². The maximum Gasteiger partial charge on any atom is 0.0451 e. The van der Waals surface area contributed by atoms with Crippen molar-refractivity contribution in [2.75, 3.05) is 0 Å². The van der Waals surface area contributed by atoms with Crippen molar-refractivity contribution in [1.82, 2.24) is 0 Å². The van der Waals surface area contributed by atoms with Crippen LogP contribution in [0.5, 0.6) is 0 Å². The van der Waals surface area contributed by atoms with Gasteiger partial charge in [-0.1, -0.05) is 11.7 Å². The van der Waals surface area contributed by atoms with Gasteiger partial charge in [-0.15, -0.1) is 0 Å². The fraction of sp³-hybridized carbons (Fsp3) is 0. The summed E-state index contributed by atoms with van der Waals surface area (Å²) in [6, 6.07) is 0. The quantitative estimate of drug-likeness (QED) is 0.0851. The van der Waals surface area contributed by atoms with Crippen molar-refractivity contribution in [2.24, 2.45) is 0 Å². The Morgan fingerprint density at radius 3 is 0.323 bits per heavy atom. The molecule has 0 aliphatic rings. The van der Waals surface area contributed by atoms with Crippen molar-refractivity contribution < 1.29 is 0 Å². The lowest BCUT2D eigenvalue weighted by Crippen LogP contribution is -2.40. The average Bonchev–Trinajstić information content (AvgIpc) is 3.01. The molecule has 0 aromatic carbocycles. The highest BCUT2D eigenvalue weighted by Crippen LogP contribution is 2.44. The fourth-order valence-corrected chi connectivity index (χ4v) is 456. The van der Waals surface area contributed by atoms with Crippen LogP contribution in [0.2, 0.25) is 0 Å². The van der Waals surface area contributed by atoms with Crippen LogP contribution in [0.4, 0.5) is 0 Å². The van der Waals surface area contributed by atoms with Gasteiger partial charge in [0, 0.05) is 124 Å². The molecule has 0 aromatic heterocycles. The van der Waals surface area contributed by atoms with Crippen molar-refractivity contribution in [3.8, 4) is 0 Å². The third-order valence-corrected chi connectivity index (χ3v) is 393. The van der Waals surface area contributed by atoms with Crippen LogP contribution in [0.3, 0.4) is 0 Å². The molecule has 0 aliphatic carbocycles. The smallest absolute Gasteiger partial charge is 0.0451 e. The van der Waals surface area contributed by atoms with E-state index in [1.807, 2.05) is 0 Å². The van der Waals surface area contributed by atoms with Gasteiger partial charge in [-0.3, -0.25) is 0 Å². The van der Waals surface area contributed by atoms with Gasteiger partial charge >= 0.3 is 0 Å². The van der Waals surface area contributed by atoms with Crippen molar-refractivity contribution in [1.29, 1.82) is 0 Å². The third kappa shape index (κ3) is 12.5. The molecule has 0 aliphatic heterocycles. The summed E-state index contributed by atoms with van der Waals surface area (Å²) in [4.78, 5) is 0. The largest absolute Gasteiger partial charge is 0.0917 e. The molecule has 62 heteroatoms. The molecule has 0 unspecified atom stereocenters. The SMILES string of the molecule is S=S(=S)(S)S(=S)(=S)S(=S)(=S)S(=S)(=S)S(=S)(=S)S(=S)(=S)S(=S)(=S)S(=S)(=S)S(=S)(=S)S(=S)(=S)S(=S)(=S)S(=S)(=S)S(=S)(=S)S(=S)(=S)S(=S)(=S)S(=S)(=S)S(=S)(=S)S(=S)(=S)S(=S)(=S)S(=S)(=S)I. The zero-order chi connectivity index (χ0) is 52.0. The molecule has 0 rings (SSSR count). The van der Waals surface area contributed by atoms with Crippen LogP contribution in [0.1, 0.15) is 0 Å². The Kier molecular flexibility index (Phi) is 31.3. The van der Waals surface area contributed by atoms with E-state index in [9.17, 15) is 0 Å². The monoisotopic (exact) mass is 2080 g/mol. The molecule has 62 heavy (non-hydrogen) atoms. The number of rotatable bonds is 19. The second-order valence-electron chi connectivity index (χ2n) is 8.17. The highest BCUT2D eigenvalue weighted by molar-refractivity contribution is 14.2. The second-order valence-corrected chi connectivity index (χ2v) is 227. The van der Waals surface area contributed by atoms with E-state index in [2.05, 4.69) is 11.7 Å². The lowest BCUT2D eigenvalue weighted by Gasteiger charge is -2.36. The summed E-state index contributed by atoms with van der Waals surface area (Å²) in [5.41, 5.74) is 0. The van der Waals surface area contributed by atoms with Gasteiger partial charge in [-0.2, -0.15) is 0 Å². The molecule has 0 spiro atoms. The zero-order valence-electron chi connectivity index (χ0n) is 25.3. The first kappa shape index (κ1) is 78.9. The standard InChI is InChI=1S/HIS61/c1-43(2,3)45(7,8)47(11,12)49(15,16)51(19,20)53(23,24)55(27,28)57(31,32)59(35,36)61(39,40)62(41,42)60(37,38)58(33,34)56(29,30)54(25,26)52(21,22)50(17,18)48(13,14)46(9,10)44(4,5)6/h(H,4,5,6).